The normalized spacial score (nSPS) is 20.1. The average Bonchev–Trinajstić information content (AvgIpc) is 3.12. The summed E-state index contributed by atoms with van der Waals surface area (Å²) in [6, 6.07) is 13.1. The lowest BCUT2D eigenvalue weighted by atomic mass is 9.94. The van der Waals surface area contributed by atoms with E-state index in [1.54, 1.807) is 23.9 Å². The third kappa shape index (κ3) is 5.21. The Morgan fingerprint density at radius 3 is 2.63 bits per heavy atom. The zero-order chi connectivity index (χ0) is 25.2. The number of aromatic nitrogens is 1. The fourth-order valence-corrected chi connectivity index (χ4v) is 6.08. The van der Waals surface area contributed by atoms with Gasteiger partial charge in [0, 0.05) is 43.7 Å². The zero-order valence-corrected chi connectivity index (χ0v) is 20.6. The van der Waals surface area contributed by atoms with Gasteiger partial charge in [0.15, 0.2) is 11.6 Å². The Morgan fingerprint density at radius 2 is 1.94 bits per heavy atom. The summed E-state index contributed by atoms with van der Waals surface area (Å²) in [6.07, 6.45) is 7.09. The van der Waals surface area contributed by atoms with Gasteiger partial charge in [-0.1, -0.05) is 49.4 Å². The summed E-state index contributed by atoms with van der Waals surface area (Å²) in [5.41, 5.74) is 2.08. The largest absolute Gasteiger partial charge is 0.345 e. The molecule has 0 saturated heterocycles. The molecule has 35 heavy (non-hydrogen) atoms. The molecule has 0 saturated carbocycles. The number of aryl methyl sites for hydroxylation is 2. The minimum Gasteiger partial charge on any atom is -0.345 e. The first-order valence-corrected chi connectivity index (χ1v) is 12.8. The van der Waals surface area contributed by atoms with E-state index in [2.05, 4.69) is 33.5 Å². The van der Waals surface area contributed by atoms with Crippen LogP contribution in [0.5, 0.6) is 0 Å². The smallest absolute Gasteiger partial charge is 0.272 e. The van der Waals surface area contributed by atoms with Crippen LogP contribution in [0.2, 0.25) is 0 Å². The van der Waals surface area contributed by atoms with Crippen molar-refractivity contribution >= 4 is 27.6 Å². The van der Waals surface area contributed by atoms with E-state index in [-0.39, 0.29) is 23.3 Å². The molecule has 0 bridgehead atoms. The van der Waals surface area contributed by atoms with Gasteiger partial charge in [-0.2, -0.15) is 0 Å². The van der Waals surface area contributed by atoms with Gasteiger partial charge in [0.1, 0.15) is 15.6 Å². The second-order valence-corrected chi connectivity index (χ2v) is 10.8. The number of anilines is 1. The first-order valence-electron chi connectivity index (χ1n) is 11.3. The van der Waals surface area contributed by atoms with Gasteiger partial charge in [-0.15, -0.1) is 0 Å². The van der Waals surface area contributed by atoms with Gasteiger partial charge >= 0.3 is 0 Å². The highest BCUT2D eigenvalue weighted by Gasteiger charge is 2.30. The van der Waals surface area contributed by atoms with Crippen molar-refractivity contribution in [2.75, 3.05) is 12.4 Å². The minimum atomic E-state index is -3.02. The molecule has 0 spiro atoms. The van der Waals surface area contributed by atoms with Gasteiger partial charge in [-0.05, 0) is 36.5 Å². The molecule has 3 aromatic rings. The van der Waals surface area contributed by atoms with Crippen molar-refractivity contribution in [3.8, 4) is 0 Å². The Balaban J connectivity index is 1.62. The molecule has 2 heterocycles. The van der Waals surface area contributed by atoms with Crippen molar-refractivity contribution in [1.82, 2.24) is 9.29 Å². The first-order chi connectivity index (χ1) is 16.7. The minimum absolute atomic E-state index is 0.118. The van der Waals surface area contributed by atoms with Crippen molar-refractivity contribution in [2.24, 2.45) is 17.3 Å². The van der Waals surface area contributed by atoms with E-state index < -0.39 is 27.5 Å². The molecule has 3 atom stereocenters. The number of fused-ring (bicyclic) bond motifs is 1. The molecule has 2 N–H and O–H groups in total. The van der Waals surface area contributed by atoms with Crippen molar-refractivity contribution in [1.29, 1.82) is 0 Å². The highest BCUT2D eigenvalue weighted by Crippen LogP contribution is 2.30. The number of carbonyl (C=O) groups is 1. The summed E-state index contributed by atoms with van der Waals surface area (Å²) >= 11 is 0. The molecular weight excluding hydrogens is 470 g/mol. The van der Waals surface area contributed by atoms with Crippen molar-refractivity contribution in [3.63, 3.8) is 0 Å². The summed E-state index contributed by atoms with van der Waals surface area (Å²) in [6.45, 7) is 2.09. The summed E-state index contributed by atoms with van der Waals surface area (Å²) in [5.74, 6) is -2.44. The van der Waals surface area contributed by atoms with Crippen molar-refractivity contribution in [2.45, 2.75) is 30.7 Å². The van der Waals surface area contributed by atoms with Gasteiger partial charge in [0.2, 0.25) is 0 Å². The number of halogens is 2. The summed E-state index contributed by atoms with van der Waals surface area (Å²) in [5, 5.41) is 2.60. The zero-order valence-electron chi connectivity index (χ0n) is 19.8. The second kappa shape index (κ2) is 10.1. The van der Waals surface area contributed by atoms with Crippen molar-refractivity contribution < 1.29 is 17.8 Å². The van der Waals surface area contributed by atoms with E-state index in [9.17, 15) is 17.8 Å². The highest BCUT2D eigenvalue weighted by molar-refractivity contribution is 7.91. The number of rotatable bonds is 6. The number of hydrogen-bond acceptors (Lipinski definition) is 3. The first kappa shape index (κ1) is 24.8. The molecule has 2 aromatic carbocycles. The second-order valence-electron chi connectivity index (χ2n) is 8.66. The number of benzene rings is 2. The maximum absolute atomic E-state index is 13.9. The SMILES string of the molecule is CN=S1(=O)NC(C(C)CCc2ccccc2)C=Cc2c1cn(C)c2C(=O)Nc1ccc(F)c(F)c1. The van der Waals surface area contributed by atoms with Crippen molar-refractivity contribution in [3.05, 3.63) is 89.3 Å². The Hall–Kier alpha value is -3.30. The molecule has 1 amide bonds. The predicted octanol–water partition coefficient (Wildman–Crippen LogP) is 5.18. The Kier molecular flexibility index (Phi) is 7.18. The molecule has 3 unspecified atom stereocenters. The predicted molar refractivity (Wildman–Crippen MR) is 134 cm³/mol. The molecule has 0 fully saturated rings. The maximum Gasteiger partial charge on any atom is 0.272 e. The number of carbonyl (C=O) groups excluding carboxylic acids is 1. The average molecular weight is 499 g/mol. The van der Waals surface area contributed by atoms with E-state index in [1.807, 2.05) is 24.3 Å². The molecule has 4 rings (SSSR count). The van der Waals surface area contributed by atoms with Gasteiger partial charge in [-0.3, -0.25) is 4.79 Å². The number of amides is 1. The van der Waals surface area contributed by atoms with Crippen LogP contribution in [-0.2, 0) is 23.4 Å². The van der Waals surface area contributed by atoms with Crippen LogP contribution in [-0.4, -0.2) is 27.8 Å². The third-order valence-electron chi connectivity index (χ3n) is 6.24. The van der Waals surface area contributed by atoms with Crippen LogP contribution < -0.4 is 10.0 Å². The van der Waals surface area contributed by atoms with Crippen LogP contribution in [0.15, 0.2) is 70.1 Å². The summed E-state index contributed by atoms with van der Waals surface area (Å²) in [4.78, 5) is 13.5. The lowest BCUT2D eigenvalue weighted by molar-refractivity contribution is 0.101. The highest BCUT2D eigenvalue weighted by atomic mass is 32.2. The van der Waals surface area contributed by atoms with Gasteiger partial charge in [-0.25, -0.2) is 22.1 Å². The molecule has 1 aliphatic rings. The number of nitrogens with one attached hydrogen (secondary N) is 2. The topological polar surface area (TPSA) is 75.5 Å². The van der Waals surface area contributed by atoms with Gasteiger partial charge in [0.25, 0.3) is 5.91 Å². The quantitative estimate of drug-likeness (QED) is 0.491. The fourth-order valence-electron chi connectivity index (χ4n) is 4.21. The van der Waals surface area contributed by atoms with E-state index >= 15 is 0 Å². The monoisotopic (exact) mass is 498 g/mol. The van der Waals surface area contributed by atoms with E-state index in [0.717, 1.165) is 25.0 Å². The van der Waals surface area contributed by atoms with Crippen LogP contribution in [0.4, 0.5) is 14.5 Å². The van der Waals surface area contributed by atoms with Crippen LogP contribution in [0, 0.1) is 17.6 Å². The molecule has 0 aliphatic carbocycles. The Morgan fingerprint density at radius 1 is 1.20 bits per heavy atom. The number of nitrogens with zero attached hydrogens (tertiary/aromatic N) is 2. The summed E-state index contributed by atoms with van der Waals surface area (Å²) < 4.78 is 49.7. The van der Waals surface area contributed by atoms with Crippen LogP contribution in [0.25, 0.3) is 6.08 Å². The summed E-state index contributed by atoms with van der Waals surface area (Å²) in [7, 11) is 0.136. The fraction of sp³-hybridized carbons (Fsp3) is 0.269. The Labute approximate surface area is 204 Å². The molecular formula is C26H28F2N4O2S. The molecule has 9 heteroatoms. The molecule has 1 aliphatic heterocycles. The third-order valence-corrected chi connectivity index (χ3v) is 8.27. The van der Waals surface area contributed by atoms with E-state index in [0.29, 0.717) is 10.5 Å². The molecule has 6 nitrogen and oxygen atoms in total. The lowest BCUT2D eigenvalue weighted by Crippen LogP contribution is -2.37. The molecule has 1 aromatic heterocycles. The lowest BCUT2D eigenvalue weighted by Gasteiger charge is -2.23. The molecule has 184 valence electrons. The van der Waals surface area contributed by atoms with Crippen LogP contribution >= 0.6 is 0 Å². The van der Waals surface area contributed by atoms with Crippen LogP contribution in [0.1, 0.15) is 35.0 Å². The molecule has 0 radical (unpaired) electrons. The van der Waals surface area contributed by atoms with E-state index in [4.69, 9.17) is 0 Å². The van der Waals surface area contributed by atoms with Crippen LogP contribution in [0.3, 0.4) is 0 Å². The Bertz CT molecular complexity index is 1390. The maximum atomic E-state index is 13.9. The number of hydrogen-bond donors (Lipinski definition) is 2. The van der Waals surface area contributed by atoms with Gasteiger partial charge in [0.05, 0.1) is 4.90 Å². The van der Waals surface area contributed by atoms with Gasteiger partial charge < -0.3 is 9.88 Å². The standard InChI is InChI=1S/C26H28F2N4O2S/c1-17(9-10-18-7-5-4-6-8-18)23-14-12-20-24(35(34,29-2)31-23)16-32(3)25(20)26(33)30-19-11-13-21(27)22(28)15-19/h4-8,11-17,23H,9-10H2,1-3H3,(H,30,33)(H,29,31,34). The van der Waals surface area contributed by atoms with E-state index in [1.165, 1.54) is 18.7 Å².